The molecule has 1 rings (SSSR count). The van der Waals surface area contributed by atoms with Gasteiger partial charge in [-0.05, 0) is 26.5 Å². The number of allylic oxidation sites excluding steroid dienone is 5. The fourth-order valence-electron chi connectivity index (χ4n) is 1.72. The van der Waals surface area contributed by atoms with Crippen LogP contribution in [0.25, 0.3) is 0 Å². The van der Waals surface area contributed by atoms with E-state index < -0.39 is 0 Å². The van der Waals surface area contributed by atoms with Crippen LogP contribution in [0, 0.1) is 0 Å². The first-order chi connectivity index (χ1) is 7.15. The number of piperazine rings is 1. The van der Waals surface area contributed by atoms with Crippen LogP contribution in [0.4, 0.5) is 0 Å². The molecule has 2 heteroatoms. The van der Waals surface area contributed by atoms with Gasteiger partial charge < -0.3 is 9.80 Å². The van der Waals surface area contributed by atoms with Crippen LogP contribution in [-0.4, -0.2) is 43.0 Å². The molecule has 0 spiro atoms. The Labute approximate surface area is 93.6 Å². The number of likely N-dealkylation sites (N-methyl/N-ethyl adjacent to an activating group) is 1. The Morgan fingerprint density at radius 3 is 2.27 bits per heavy atom. The molecule has 0 amide bonds. The number of rotatable bonds is 3. The zero-order valence-corrected chi connectivity index (χ0v) is 10.2. The first-order valence-corrected chi connectivity index (χ1v) is 5.55. The summed E-state index contributed by atoms with van der Waals surface area (Å²) < 4.78 is 0. The minimum absolute atomic E-state index is 1.14. The summed E-state index contributed by atoms with van der Waals surface area (Å²) in [5, 5.41) is 0. The molecule has 84 valence electrons. The molecule has 1 fully saturated rings. The highest BCUT2D eigenvalue weighted by Gasteiger charge is 2.14. The second-order valence-electron chi connectivity index (χ2n) is 4.15. The molecule has 0 N–H and O–H groups in total. The van der Waals surface area contributed by atoms with Crippen molar-refractivity contribution < 1.29 is 0 Å². The number of hydrogen-bond acceptors (Lipinski definition) is 2. The van der Waals surface area contributed by atoms with Gasteiger partial charge in [-0.3, -0.25) is 0 Å². The minimum Gasteiger partial charge on any atom is -0.372 e. The molecule has 0 aromatic carbocycles. The molecule has 0 saturated carbocycles. The Morgan fingerprint density at radius 1 is 1.13 bits per heavy atom. The predicted molar refractivity (Wildman–Crippen MR) is 66.8 cm³/mol. The lowest BCUT2D eigenvalue weighted by Crippen LogP contribution is -2.43. The summed E-state index contributed by atoms with van der Waals surface area (Å²) in [6, 6.07) is 0. The summed E-state index contributed by atoms with van der Waals surface area (Å²) in [7, 11) is 2.18. The molecule has 1 aliphatic heterocycles. The van der Waals surface area contributed by atoms with Crippen LogP contribution in [-0.2, 0) is 0 Å². The summed E-state index contributed by atoms with van der Waals surface area (Å²) in [5.41, 5.74) is 2.72. The molecular weight excluding hydrogens is 184 g/mol. The van der Waals surface area contributed by atoms with Crippen molar-refractivity contribution in [2.75, 3.05) is 33.2 Å². The van der Waals surface area contributed by atoms with Crippen LogP contribution < -0.4 is 0 Å². The third kappa shape index (κ3) is 3.56. The zero-order chi connectivity index (χ0) is 11.3. The zero-order valence-electron chi connectivity index (χ0n) is 10.2. The fourth-order valence-corrected chi connectivity index (χ4v) is 1.72. The minimum atomic E-state index is 1.14. The molecule has 0 aromatic heterocycles. The largest absolute Gasteiger partial charge is 0.372 e. The van der Waals surface area contributed by atoms with Gasteiger partial charge in [0.2, 0.25) is 0 Å². The Morgan fingerprint density at radius 2 is 1.73 bits per heavy atom. The maximum Gasteiger partial charge on any atom is 0.0303 e. The van der Waals surface area contributed by atoms with E-state index in [9.17, 15) is 0 Å². The maximum absolute atomic E-state index is 3.68. The molecule has 0 atom stereocenters. The molecule has 0 aromatic rings. The predicted octanol–water partition coefficient (Wildman–Crippen LogP) is 2.27. The van der Waals surface area contributed by atoms with E-state index in [0.717, 1.165) is 26.2 Å². The van der Waals surface area contributed by atoms with Gasteiger partial charge >= 0.3 is 0 Å². The molecule has 1 saturated heterocycles. The van der Waals surface area contributed by atoms with Gasteiger partial charge in [-0.1, -0.05) is 24.8 Å². The standard InChI is InChI=1S/C13H22N2/c1-5-6-7-12(2)13(3)15-10-8-14(4)9-11-15/h5-7H,1,8-11H2,2-4H3/b7-6-,13-12+. The second kappa shape index (κ2) is 5.76. The highest BCUT2D eigenvalue weighted by molar-refractivity contribution is 5.24. The van der Waals surface area contributed by atoms with E-state index >= 15 is 0 Å². The molecule has 2 nitrogen and oxygen atoms in total. The average Bonchev–Trinajstić information content (AvgIpc) is 2.26. The van der Waals surface area contributed by atoms with Crippen LogP contribution in [0.1, 0.15) is 13.8 Å². The van der Waals surface area contributed by atoms with Crippen molar-refractivity contribution >= 4 is 0 Å². The Kier molecular flexibility index (Phi) is 4.63. The number of nitrogens with zero attached hydrogens (tertiary/aromatic N) is 2. The first kappa shape index (κ1) is 12.1. The monoisotopic (exact) mass is 206 g/mol. The second-order valence-corrected chi connectivity index (χ2v) is 4.15. The molecule has 1 aliphatic rings. The van der Waals surface area contributed by atoms with Crippen LogP contribution >= 0.6 is 0 Å². The van der Waals surface area contributed by atoms with Crippen molar-refractivity contribution in [1.82, 2.24) is 9.80 Å². The third-order valence-electron chi connectivity index (χ3n) is 3.03. The SMILES string of the molecule is C=C/C=C\C(C)=C(/C)N1CCN(C)CC1. The van der Waals surface area contributed by atoms with Crippen molar-refractivity contribution in [3.05, 3.63) is 36.1 Å². The van der Waals surface area contributed by atoms with Gasteiger partial charge in [-0.2, -0.15) is 0 Å². The summed E-state index contributed by atoms with van der Waals surface area (Å²) in [5.74, 6) is 0. The third-order valence-corrected chi connectivity index (χ3v) is 3.03. The normalized spacial score (nSPS) is 20.6. The Bertz CT molecular complexity index is 268. The van der Waals surface area contributed by atoms with Crippen molar-refractivity contribution in [2.24, 2.45) is 0 Å². The molecular formula is C13H22N2. The average molecular weight is 206 g/mol. The van der Waals surface area contributed by atoms with Gasteiger partial charge in [0.25, 0.3) is 0 Å². The van der Waals surface area contributed by atoms with E-state index in [0.29, 0.717) is 0 Å². The van der Waals surface area contributed by atoms with Crippen LogP contribution in [0.15, 0.2) is 36.1 Å². The van der Waals surface area contributed by atoms with Gasteiger partial charge in [0.15, 0.2) is 0 Å². The van der Waals surface area contributed by atoms with Crippen molar-refractivity contribution in [3.63, 3.8) is 0 Å². The summed E-state index contributed by atoms with van der Waals surface area (Å²) in [6.07, 6.45) is 5.94. The van der Waals surface area contributed by atoms with Gasteiger partial charge in [-0.15, -0.1) is 0 Å². The topological polar surface area (TPSA) is 6.48 Å². The summed E-state index contributed by atoms with van der Waals surface area (Å²) >= 11 is 0. The van der Waals surface area contributed by atoms with E-state index in [1.54, 1.807) is 0 Å². The molecule has 0 radical (unpaired) electrons. The highest BCUT2D eigenvalue weighted by atomic mass is 15.2. The summed E-state index contributed by atoms with van der Waals surface area (Å²) in [4.78, 5) is 4.83. The van der Waals surface area contributed by atoms with E-state index in [4.69, 9.17) is 0 Å². The van der Waals surface area contributed by atoms with Gasteiger partial charge in [-0.25, -0.2) is 0 Å². The van der Waals surface area contributed by atoms with Crippen LogP contribution in [0.2, 0.25) is 0 Å². The Balaban J connectivity index is 2.62. The van der Waals surface area contributed by atoms with Gasteiger partial charge in [0, 0.05) is 31.9 Å². The van der Waals surface area contributed by atoms with Gasteiger partial charge in [0.1, 0.15) is 0 Å². The summed E-state index contributed by atoms with van der Waals surface area (Å²) in [6.45, 7) is 12.7. The lowest BCUT2D eigenvalue weighted by molar-refractivity contribution is 0.185. The van der Waals surface area contributed by atoms with Crippen molar-refractivity contribution in [1.29, 1.82) is 0 Å². The van der Waals surface area contributed by atoms with Crippen molar-refractivity contribution in [2.45, 2.75) is 13.8 Å². The maximum atomic E-state index is 3.68. The van der Waals surface area contributed by atoms with E-state index in [2.05, 4.69) is 43.3 Å². The molecule has 0 unspecified atom stereocenters. The quantitative estimate of drug-likeness (QED) is 0.654. The first-order valence-electron chi connectivity index (χ1n) is 5.55. The van der Waals surface area contributed by atoms with Crippen molar-refractivity contribution in [3.8, 4) is 0 Å². The van der Waals surface area contributed by atoms with Crippen LogP contribution in [0.3, 0.4) is 0 Å². The number of hydrogen-bond donors (Lipinski definition) is 0. The molecule has 0 bridgehead atoms. The lowest BCUT2D eigenvalue weighted by Gasteiger charge is -2.35. The van der Waals surface area contributed by atoms with E-state index in [1.807, 2.05) is 12.2 Å². The molecule has 15 heavy (non-hydrogen) atoms. The van der Waals surface area contributed by atoms with E-state index in [1.165, 1.54) is 11.3 Å². The smallest absolute Gasteiger partial charge is 0.0303 e. The van der Waals surface area contributed by atoms with Crippen LogP contribution in [0.5, 0.6) is 0 Å². The molecule has 1 heterocycles. The van der Waals surface area contributed by atoms with Gasteiger partial charge in [0.05, 0.1) is 0 Å². The highest BCUT2D eigenvalue weighted by Crippen LogP contribution is 2.13. The Hall–Kier alpha value is -1.02. The molecule has 0 aliphatic carbocycles. The lowest BCUT2D eigenvalue weighted by atomic mass is 10.2. The fraction of sp³-hybridized carbons (Fsp3) is 0.538. The van der Waals surface area contributed by atoms with E-state index in [-0.39, 0.29) is 0 Å².